The average Bonchev–Trinajstić information content (AvgIpc) is 2.86. The molecule has 1 fully saturated rings. The van der Waals surface area contributed by atoms with E-state index >= 15 is 0 Å². The Kier molecular flexibility index (Phi) is 3.23. The van der Waals surface area contributed by atoms with Crippen LogP contribution in [0.15, 0.2) is 18.2 Å². The molecule has 2 amide bonds. The van der Waals surface area contributed by atoms with Gasteiger partial charge in [-0.15, -0.1) is 0 Å². The molecule has 2 aliphatic rings. The van der Waals surface area contributed by atoms with Crippen LogP contribution in [0, 0.1) is 0 Å². The Bertz CT molecular complexity index is 525. The van der Waals surface area contributed by atoms with Crippen LogP contribution >= 0.6 is 0 Å². The molecule has 2 N–H and O–H groups in total. The molecule has 0 saturated carbocycles. The highest BCUT2D eigenvalue weighted by Gasteiger charge is 2.27. The third-order valence-corrected chi connectivity index (χ3v) is 3.97. The molecule has 1 atom stereocenters. The molecule has 100 valence electrons. The quantitative estimate of drug-likeness (QED) is 0.849. The van der Waals surface area contributed by atoms with E-state index in [1.165, 1.54) is 24.0 Å². The lowest BCUT2D eigenvalue weighted by Gasteiger charge is -2.20. The normalized spacial score (nSPS) is 21.7. The van der Waals surface area contributed by atoms with Crippen LogP contribution in [0.4, 0.5) is 5.69 Å². The predicted molar refractivity (Wildman–Crippen MR) is 72.9 cm³/mol. The molecule has 3 rings (SSSR count). The summed E-state index contributed by atoms with van der Waals surface area (Å²) in [6, 6.07) is 5.72. The average molecular weight is 258 g/mol. The minimum atomic E-state index is -0.369. The van der Waals surface area contributed by atoms with Gasteiger partial charge in [-0.25, -0.2) is 0 Å². The number of amides is 2. The summed E-state index contributed by atoms with van der Waals surface area (Å²) < 4.78 is 0. The molecule has 1 aromatic carbocycles. The van der Waals surface area contributed by atoms with Crippen LogP contribution in [0.3, 0.4) is 0 Å². The number of rotatable bonds is 2. The van der Waals surface area contributed by atoms with E-state index in [-0.39, 0.29) is 17.9 Å². The number of fused-ring (bicyclic) bond motifs is 1. The summed E-state index contributed by atoms with van der Waals surface area (Å²) in [4.78, 5) is 23.3. The zero-order valence-corrected chi connectivity index (χ0v) is 10.9. The number of nitrogens with one attached hydrogen (secondary N) is 2. The van der Waals surface area contributed by atoms with Gasteiger partial charge in [-0.3, -0.25) is 9.59 Å². The van der Waals surface area contributed by atoms with Crippen molar-refractivity contribution in [3.05, 3.63) is 29.3 Å². The maximum atomic E-state index is 12.1. The van der Waals surface area contributed by atoms with Crippen LogP contribution in [0.25, 0.3) is 0 Å². The molecular weight excluding hydrogens is 240 g/mol. The Morgan fingerprint density at radius 3 is 2.84 bits per heavy atom. The Morgan fingerprint density at radius 1 is 1.21 bits per heavy atom. The maximum absolute atomic E-state index is 12.1. The Labute approximate surface area is 112 Å². The van der Waals surface area contributed by atoms with Gasteiger partial charge in [-0.05, 0) is 49.3 Å². The van der Waals surface area contributed by atoms with Gasteiger partial charge in [0.05, 0.1) is 0 Å². The summed E-state index contributed by atoms with van der Waals surface area (Å²) in [6.07, 6.45) is 5.58. The van der Waals surface area contributed by atoms with Gasteiger partial charge in [0, 0.05) is 12.1 Å². The standard InChI is InChI=1S/C15H18N2O2/c18-14-9-8-13(16-14)15(19)17-12-7-3-5-10-4-1-2-6-11(10)12/h3,5,7,13H,1-2,4,6,8-9H2,(H,16,18)(H,17,19). The fraction of sp³-hybridized carbons (Fsp3) is 0.467. The summed E-state index contributed by atoms with van der Waals surface area (Å²) >= 11 is 0. The number of hydrogen-bond donors (Lipinski definition) is 2. The fourth-order valence-electron chi connectivity index (χ4n) is 2.93. The number of aryl methyl sites for hydroxylation is 1. The van der Waals surface area contributed by atoms with E-state index in [1.54, 1.807) is 0 Å². The molecule has 0 bridgehead atoms. The second-order valence-corrected chi connectivity index (χ2v) is 5.30. The molecule has 0 radical (unpaired) electrons. The first-order valence-corrected chi connectivity index (χ1v) is 6.95. The molecule has 1 aliphatic heterocycles. The van der Waals surface area contributed by atoms with Crippen molar-refractivity contribution in [1.29, 1.82) is 0 Å². The van der Waals surface area contributed by atoms with Gasteiger partial charge >= 0.3 is 0 Å². The van der Waals surface area contributed by atoms with Crippen LogP contribution in [0.2, 0.25) is 0 Å². The fourth-order valence-corrected chi connectivity index (χ4v) is 2.93. The maximum Gasteiger partial charge on any atom is 0.246 e. The monoisotopic (exact) mass is 258 g/mol. The van der Waals surface area contributed by atoms with Crippen LogP contribution in [-0.2, 0) is 22.4 Å². The molecule has 4 heteroatoms. The van der Waals surface area contributed by atoms with Crippen molar-refractivity contribution in [1.82, 2.24) is 5.32 Å². The van der Waals surface area contributed by atoms with Crippen molar-refractivity contribution in [3.63, 3.8) is 0 Å². The van der Waals surface area contributed by atoms with Crippen molar-refractivity contribution >= 4 is 17.5 Å². The molecule has 4 nitrogen and oxygen atoms in total. The van der Waals surface area contributed by atoms with E-state index in [4.69, 9.17) is 0 Å². The molecule has 0 spiro atoms. The van der Waals surface area contributed by atoms with Crippen LogP contribution in [-0.4, -0.2) is 17.9 Å². The third-order valence-electron chi connectivity index (χ3n) is 3.97. The van der Waals surface area contributed by atoms with Gasteiger partial charge in [-0.1, -0.05) is 12.1 Å². The van der Waals surface area contributed by atoms with Crippen LogP contribution in [0.1, 0.15) is 36.8 Å². The third kappa shape index (κ3) is 2.48. The summed E-state index contributed by atoms with van der Waals surface area (Å²) in [7, 11) is 0. The number of benzene rings is 1. The summed E-state index contributed by atoms with van der Waals surface area (Å²) in [5, 5.41) is 5.68. The van der Waals surface area contributed by atoms with Gasteiger partial charge < -0.3 is 10.6 Å². The van der Waals surface area contributed by atoms with Gasteiger partial charge in [0.15, 0.2) is 0 Å². The number of carbonyl (C=O) groups is 2. The molecule has 0 aromatic heterocycles. The minimum absolute atomic E-state index is 0.0322. The second-order valence-electron chi connectivity index (χ2n) is 5.30. The topological polar surface area (TPSA) is 58.2 Å². The summed E-state index contributed by atoms with van der Waals surface area (Å²) in [5.74, 6) is -0.125. The SMILES string of the molecule is O=C1CCC(C(=O)Nc2cccc3c2CCCC3)N1. The first-order chi connectivity index (χ1) is 9.24. The zero-order chi connectivity index (χ0) is 13.2. The first-order valence-electron chi connectivity index (χ1n) is 6.95. The van der Waals surface area contributed by atoms with E-state index < -0.39 is 0 Å². The predicted octanol–water partition coefficient (Wildman–Crippen LogP) is 1.78. The first kappa shape index (κ1) is 12.2. The lowest BCUT2D eigenvalue weighted by molar-refractivity contribution is -0.122. The Morgan fingerprint density at radius 2 is 2.05 bits per heavy atom. The number of hydrogen-bond acceptors (Lipinski definition) is 2. The molecular formula is C15H18N2O2. The van der Waals surface area contributed by atoms with Crippen molar-refractivity contribution in [2.45, 2.75) is 44.6 Å². The molecule has 1 heterocycles. The highest BCUT2D eigenvalue weighted by molar-refractivity contribution is 5.99. The highest BCUT2D eigenvalue weighted by atomic mass is 16.2. The lowest BCUT2D eigenvalue weighted by Crippen LogP contribution is -2.37. The van der Waals surface area contributed by atoms with E-state index in [0.29, 0.717) is 12.8 Å². The summed E-state index contributed by atoms with van der Waals surface area (Å²) in [6.45, 7) is 0. The largest absolute Gasteiger partial charge is 0.344 e. The smallest absolute Gasteiger partial charge is 0.246 e. The molecule has 19 heavy (non-hydrogen) atoms. The lowest BCUT2D eigenvalue weighted by atomic mass is 9.90. The zero-order valence-electron chi connectivity index (χ0n) is 10.9. The van der Waals surface area contributed by atoms with Crippen LogP contribution < -0.4 is 10.6 Å². The Hall–Kier alpha value is -1.84. The highest BCUT2D eigenvalue weighted by Crippen LogP contribution is 2.28. The van der Waals surface area contributed by atoms with Gasteiger partial charge in [0.2, 0.25) is 11.8 Å². The van der Waals surface area contributed by atoms with Crippen molar-refractivity contribution in [2.24, 2.45) is 0 Å². The number of carbonyl (C=O) groups excluding carboxylic acids is 2. The van der Waals surface area contributed by atoms with Gasteiger partial charge in [-0.2, -0.15) is 0 Å². The molecule has 1 aliphatic carbocycles. The Balaban J connectivity index is 1.76. The van der Waals surface area contributed by atoms with Crippen LogP contribution in [0.5, 0.6) is 0 Å². The molecule has 1 saturated heterocycles. The van der Waals surface area contributed by atoms with Gasteiger partial charge in [0.25, 0.3) is 0 Å². The van der Waals surface area contributed by atoms with Crippen molar-refractivity contribution in [2.75, 3.05) is 5.32 Å². The van der Waals surface area contributed by atoms with E-state index in [9.17, 15) is 9.59 Å². The van der Waals surface area contributed by atoms with Crippen molar-refractivity contribution in [3.8, 4) is 0 Å². The van der Waals surface area contributed by atoms with E-state index in [0.717, 1.165) is 18.5 Å². The molecule has 1 aromatic rings. The molecule has 1 unspecified atom stereocenters. The van der Waals surface area contributed by atoms with E-state index in [2.05, 4.69) is 16.7 Å². The van der Waals surface area contributed by atoms with Crippen molar-refractivity contribution < 1.29 is 9.59 Å². The minimum Gasteiger partial charge on any atom is -0.344 e. The second kappa shape index (κ2) is 5.03. The summed E-state index contributed by atoms with van der Waals surface area (Å²) in [5.41, 5.74) is 3.54. The van der Waals surface area contributed by atoms with Gasteiger partial charge in [0.1, 0.15) is 6.04 Å². The van der Waals surface area contributed by atoms with E-state index in [1.807, 2.05) is 12.1 Å². The number of anilines is 1.